The molecule has 0 radical (unpaired) electrons. The van der Waals surface area contributed by atoms with Gasteiger partial charge < -0.3 is 10.1 Å². The summed E-state index contributed by atoms with van der Waals surface area (Å²) in [6, 6.07) is 0.624. The largest absolute Gasteiger partial charge is 0.443 e. The first-order valence-electron chi connectivity index (χ1n) is 7.22. The van der Waals surface area contributed by atoms with Crippen molar-refractivity contribution in [3.8, 4) is 0 Å². The minimum Gasteiger partial charge on any atom is -0.443 e. The van der Waals surface area contributed by atoms with Crippen molar-refractivity contribution in [2.24, 2.45) is 0 Å². The van der Waals surface area contributed by atoms with E-state index >= 15 is 0 Å². The van der Waals surface area contributed by atoms with Gasteiger partial charge in [0.2, 0.25) is 0 Å². The molecule has 2 rings (SSSR count). The van der Waals surface area contributed by atoms with Crippen LogP contribution in [0.5, 0.6) is 0 Å². The maximum absolute atomic E-state index is 11.5. The zero-order valence-corrected chi connectivity index (χ0v) is 12.8. The third kappa shape index (κ3) is 5.55. The Kier molecular flexibility index (Phi) is 4.95. The van der Waals surface area contributed by atoms with Crippen LogP contribution >= 0.6 is 0 Å². The number of aromatic nitrogens is 2. The summed E-state index contributed by atoms with van der Waals surface area (Å²) in [5.74, 6) is 0.466. The van der Waals surface area contributed by atoms with Gasteiger partial charge >= 0.3 is 6.09 Å². The second-order valence-electron chi connectivity index (χ2n) is 6.15. The molecule has 1 amide bonds. The van der Waals surface area contributed by atoms with Crippen molar-refractivity contribution in [3.05, 3.63) is 18.1 Å². The molecule has 0 bridgehead atoms. The fourth-order valence-electron chi connectivity index (χ4n) is 1.79. The van der Waals surface area contributed by atoms with E-state index in [2.05, 4.69) is 26.1 Å². The topological polar surface area (TPSA) is 88.2 Å². The summed E-state index contributed by atoms with van der Waals surface area (Å²) in [4.78, 5) is 19.9. The van der Waals surface area contributed by atoms with Gasteiger partial charge in [-0.25, -0.2) is 15.2 Å². The monoisotopic (exact) mass is 293 g/mol. The van der Waals surface area contributed by atoms with Crippen LogP contribution in [0.2, 0.25) is 0 Å². The molecule has 0 atom stereocenters. The number of nitrogens with zero attached hydrogens (tertiary/aromatic N) is 2. The summed E-state index contributed by atoms with van der Waals surface area (Å²) in [5.41, 5.74) is 5.42. The van der Waals surface area contributed by atoms with Crippen LogP contribution in [0.1, 0.15) is 45.7 Å². The Morgan fingerprint density at radius 1 is 1.33 bits per heavy atom. The van der Waals surface area contributed by atoms with Crippen LogP contribution in [0.3, 0.4) is 0 Å². The molecule has 1 aliphatic rings. The van der Waals surface area contributed by atoms with E-state index in [1.165, 1.54) is 19.3 Å². The third-order valence-corrected chi connectivity index (χ3v) is 3.07. The van der Waals surface area contributed by atoms with Crippen molar-refractivity contribution in [1.29, 1.82) is 0 Å². The SMILES string of the molecule is CC(C)(C)OC(=O)NNc1cnc(CNC2CCC2)cn1. The molecule has 1 aliphatic carbocycles. The zero-order valence-electron chi connectivity index (χ0n) is 12.8. The normalized spacial score (nSPS) is 15.2. The number of anilines is 1. The van der Waals surface area contributed by atoms with Crippen molar-refractivity contribution < 1.29 is 9.53 Å². The maximum atomic E-state index is 11.5. The second-order valence-corrected chi connectivity index (χ2v) is 6.15. The van der Waals surface area contributed by atoms with Crippen LogP contribution in [-0.4, -0.2) is 27.7 Å². The lowest BCUT2D eigenvalue weighted by Gasteiger charge is -2.26. The van der Waals surface area contributed by atoms with Gasteiger partial charge in [0.25, 0.3) is 0 Å². The molecule has 7 heteroatoms. The van der Waals surface area contributed by atoms with Gasteiger partial charge in [0, 0.05) is 12.6 Å². The van der Waals surface area contributed by atoms with E-state index in [1.54, 1.807) is 33.2 Å². The molecular formula is C14H23N5O2. The summed E-state index contributed by atoms with van der Waals surface area (Å²) >= 11 is 0. The number of carbonyl (C=O) groups is 1. The van der Waals surface area contributed by atoms with E-state index < -0.39 is 11.7 Å². The molecule has 0 aromatic carbocycles. The Hall–Kier alpha value is -1.89. The van der Waals surface area contributed by atoms with Gasteiger partial charge in [0.1, 0.15) is 5.60 Å². The fourth-order valence-corrected chi connectivity index (χ4v) is 1.79. The molecule has 1 saturated carbocycles. The average molecular weight is 293 g/mol. The Labute approximate surface area is 124 Å². The van der Waals surface area contributed by atoms with Gasteiger partial charge in [-0.15, -0.1) is 0 Å². The Morgan fingerprint density at radius 3 is 2.62 bits per heavy atom. The number of hydrogen-bond donors (Lipinski definition) is 3. The smallest absolute Gasteiger partial charge is 0.426 e. The first kappa shape index (κ1) is 15.5. The molecule has 0 saturated heterocycles. The van der Waals surface area contributed by atoms with Crippen molar-refractivity contribution in [3.63, 3.8) is 0 Å². The van der Waals surface area contributed by atoms with Crippen LogP contribution in [0, 0.1) is 0 Å². The second kappa shape index (κ2) is 6.71. The number of nitrogens with one attached hydrogen (secondary N) is 3. The highest BCUT2D eigenvalue weighted by atomic mass is 16.6. The molecule has 0 spiro atoms. The van der Waals surface area contributed by atoms with Gasteiger partial charge in [-0.3, -0.25) is 10.4 Å². The molecule has 1 heterocycles. The number of rotatable bonds is 5. The van der Waals surface area contributed by atoms with Crippen LogP contribution < -0.4 is 16.2 Å². The Bertz CT molecular complexity index is 465. The van der Waals surface area contributed by atoms with E-state index in [-0.39, 0.29) is 0 Å². The van der Waals surface area contributed by atoms with Crippen molar-refractivity contribution >= 4 is 11.9 Å². The predicted molar refractivity (Wildman–Crippen MR) is 79.5 cm³/mol. The Balaban J connectivity index is 1.72. The van der Waals surface area contributed by atoms with Crippen LogP contribution in [0.25, 0.3) is 0 Å². The lowest BCUT2D eigenvalue weighted by molar-refractivity contribution is 0.0541. The summed E-state index contributed by atoms with van der Waals surface area (Å²) in [7, 11) is 0. The van der Waals surface area contributed by atoms with Crippen molar-refractivity contribution in [2.75, 3.05) is 5.43 Å². The maximum Gasteiger partial charge on any atom is 0.426 e. The third-order valence-electron chi connectivity index (χ3n) is 3.07. The van der Waals surface area contributed by atoms with E-state index in [1.807, 2.05) is 0 Å². The van der Waals surface area contributed by atoms with E-state index in [0.29, 0.717) is 11.9 Å². The first-order valence-corrected chi connectivity index (χ1v) is 7.22. The quantitative estimate of drug-likeness (QED) is 0.719. The van der Waals surface area contributed by atoms with Gasteiger partial charge in [-0.1, -0.05) is 6.42 Å². The number of carbonyl (C=O) groups excluding carboxylic acids is 1. The van der Waals surface area contributed by atoms with E-state index in [0.717, 1.165) is 12.2 Å². The molecule has 1 aromatic rings. The van der Waals surface area contributed by atoms with Crippen molar-refractivity contribution in [1.82, 2.24) is 20.7 Å². The van der Waals surface area contributed by atoms with Crippen LogP contribution in [0.15, 0.2) is 12.4 Å². The Morgan fingerprint density at radius 2 is 2.10 bits per heavy atom. The highest BCUT2D eigenvalue weighted by Gasteiger charge is 2.17. The highest BCUT2D eigenvalue weighted by Crippen LogP contribution is 2.18. The number of amides is 1. The van der Waals surface area contributed by atoms with Crippen molar-refractivity contribution in [2.45, 2.75) is 58.2 Å². The molecule has 1 fully saturated rings. The van der Waals surface area contributed by atoms with E-state index in [4.69, 9.17) is 4.74 Å². The molecule has 116 valence electrons. The van der Waals surface area contributed by atoms with Crippen LogP contribution in [0.4, 0.5) is 10.6 Å². The summed E-state index contributed by atoms with van der Waals surface area (Å²) in [6.45, 7) is 6.13. The molecule has 0 unspecified atom stereocenters. The average Bonchev–Trinajstić information content (AvgIpc) is 2.34. The molecule has 1 aromatic heterocycles. The number of hydrazine groups is 1. The number of ether oxygens (including phenoxy) is 1. The lowest BCUT2D eigenvalue weighted by Crippen LogP contribution is -2.36. The molecule has 3 N–H and O–H groups in total. The lowest BCUT2D eigenvalue weighted by atomic mass is 9.93. The minimum atomic E-state index is -0.556. The van der Waals surface area contributed by atoms with Gasteiger partial charge in [-0.2, -0.15) is 0 Å². The standard InChI is InChI=1S/C14H23N5O2/c1-14(2,3)21-13(20)19-18-12-9-16-11(8-17-12)7-15-10-5-4-6-10/h8-10,15H,4-7H2,1-3H3,(H,17,18)(H,19,20). The summed E-state index contributed by atoms with van der Waals surface area (Å²) in [6.07, 6.45) is 6.50. The van der Waals surface area contributed by atoms with Gasteiger partial charge in [0.05, 0.1) is 18.1 Å². The molecule has 21 heavy (non-hydrogen) atoms. The molecule has 0 aliphatic heterocycles. The van der Waals surface area contributed by atoms with E-state index in [9.17, 15) is 4.79 Å². The number of hydrogen-bond acceptors (Lipinski definition) is 6. The van der Waals surface area contributed by atoms with Gasteiger partial charge in [0.15, 0.2) is 5.82 Å². The fraction of sp³-hybridized carbons (Fsp3) is 0.643. The summed E-state index contributed by atoms with van der Waals surface area (Å²) < 4.78 is 5.10. The highest BCUT2D eigenvalue weighted by molar-refractivity contribution is 5.69. The molecule has 7 nitrogen and oxygen atoms in total. The molecular weight excluding hydrogens is 270 g/mol. The predicted octanol–water partition coefficient (Wildman–Crippen LogP) is 1.97. The minimum absolute atomic E-state index is 0.466. The van der Waals surface area contributed by atoms with Gasteiger partial charge in [-0.05, 0) is 33.6 Å². The summed E-state index contributed by atoms with van der Waals surface area (Å²) in [5, 5.41) is 3.42. The zero-order chi connectivity index (χ0) is 15.3. The van der Waals surface area contributed by atoms with Crippen LogP contribution in [-0.2, 0) is 11.3 Å². The first-order chi connectivity index (χ1) is 9.92.